The smallest absolute Gasteiger partial charge is 0.400 e. The fourth-order valence-corrected chi connectivity index (χ4v) is 5.11. The van der Waals surface area contributed by atoms with E-state index in [2.05, 4.69) is 89.7 Å². The van der Waals surface area contributed by atoms with Gasteiger partial charge in [0.25, 0.3) is 0 Å². The molecule has 0 aromatic heterocycles. The van der Waals surface area contributed by atoms with E-state index in [1.807, 2.05) is 7.62 Å². The van der Waals surface area contributed by atoms with Crippen LogP contribution in [0.25, 0.3) is 21.5 Å². The Labute approximate surface area is 166 Å². The van der Waals surface area contributed by atoms with Gasteiger partial charge in [-0.25, -0.2) is 0 Å². The summed E-state index contributed by atoms with van der Waals surface area (Å²) in [5, 5.41) is 5.07. The first kappa shape index (κ1) is 16.3. The summed E-state index contributed by atoms with van der Waals surface area (Å²) in [5.41, 5.74) is 2.03. The lowest BCUT2D eigenvalue weighted by molar-refractivity contribution is 0.109. The highest BCUT2D eigenvalue weighted by Gasteiger charge is 2.53. The fraction of sp³-hybridized carbons (Fsp3) is 0.200. The van der Waals surface area contributed by atoms with Crippen LogP contribution >= 0.6 is 0 Å². The first-order chi connectivity index (χ1) is 13.8. The minimum Gasteiger partial charge on any atom is -0.409 e. The molecule has 1 unspecified atom stereocenters. The molecule has 1 radical (unpaired) electrons. The Morgan fingerprint density at radius 3 is 1.93 bits per heavy atom. The molecule has 0 spiro atoms. The highest BCUT2D eigenvalue weighted by molar-refractivity contribution is 6.25. The van der Waals surface area contributed by atoms with Crippen molar-refractivity contribution in [3.8, 4) is 0 Å². The zero-order valence-electron chi connectivity index (χ0n) is 15.7. The van der Waals surface area contributed by atoms with E-state index in [0.29, 0.717) is 6.04 Å². The van der Waals surface area contributed by atoms with Crippen LogP contribution in [0.1, 0.15) is 24.0 Å². The van der Waals surface area contributed by atoms with E-state index in [-0.39, 0.29) is 0 Å². The first-order valence-electron chi connectivity index (χ1n) is 10.1. The zero-order chi connectivity index (χ0) is 18.6. The molecule has 0 saturated carbocycles. The Morgan fingerprint density at radius 2 is 1.32 bits per heavy atom. The second-order valence-electron chi connectivity index (χ2n) is 7.98. The topological polar surface area (TPSA) is 12.5 Å². The quantitative estimate of drug-likeness (QED) is 0.451. The van der Waals surface area contributed by atoms with Gasteiger partial charge < -0.3 is 9.47 Å². The molecule has 4 aromatic rings. The van der Waals surface area contributed by atoms with Gasteiger partial charge in [0.1, 0.15) is 5.60 Å². The summed E-state index contributed by atoms with van der Waals surface area (Å²) in [5.74, 6) is 0. The molecule has 28 heavy (non-hydrogen) atoms. The van der Waals surface area contributed by atoms with Crippen molar-refractivity contribution in [3.63, 3.8) is 0 Å². The van der Waals surface area contributed by atoms with Crippen LogP contribution in [0.4, 0.5) is 0 Å². The normalized spacial score (nSPS) is 21.1. The molecular weight excluding hydrogens is 341 g/mol. The molecule has 0 N–H and O–H groups in total. The van der Waals surface area contributed by atoms with E-state index in [1.54, 1.807) is 0 Å². The number of hydrogen-bond donors (Lipinski definition) is 0. The van der Waals surface area contributed by atoms with Gasteiger partial charge in [-0.2, -0.15) is 0 Å². The lowest BCUT2D eigenvalue weighted by Crippen LogP contribution is -2.40. The third kappa shape index (κ3) is 2.30. The van der Waals surface area contributed by atoms with E-state index in [9.17, 15) is 0 Å². The van der Waals surface area contributed by atoms with Crippen LogP contribution in [0.3, 0.4) is 0 Å². The second kappa shape index (κ2) is 6.20. The van der Waals surface area contributed by atoms with E-state index in [0.717, 1.165) is 13.0 Å². The summed E-state index contributed by atoms with van der Waals surface area (Å²) >= 11 is 0. The maximum atomic E-state index is 6.58. The van der Waals surface area contributed by atoms with Crippen LogP contribution in [0, 0.1) is 0 Å². The van der Waals surface area contributed by atoms with Crippen molar-refractivity contribution < 1.29 is 4.65 Å². The van der Waals surface area contributed by atoms with Gasteiger partial charge in [-0.1, -0.05) is 72.8 Å². The average Bonchev–Trinajstić information content (AvgIpc) is 3.36. The maximum Gasteiger partial charge on any atom is 0.400 e. The van der Waals surface area contributed by atoms with Gasteiger partial charge in [0.15, 0.2) is 0 Å². The Hall–Kier alpha value is -2.62. The Bertz CT molecular complexity index is 1110. The van der Waals surface area contributed by atoms with E-state index < -0.39 is 5.60 Å². The summed E-state index contributed by atoms with van der Waals surface area (Å²) in [6, 6.07) is 31.1. The zero-order valence-corrected chi connectivity index (χ0v) is 15.7. The molecule has 0 bridgehead atoms. The second-order valence-corrected chi connectivity index (χ2v) is 7.98. The minimum atomic E-state index is -0.454. The minimum absolute atomic E-state index is 0.342. The van der Waals surface area contributed by atoms with Crippen molar-refractivity contribution in [1.82, 2.24) is 4.81 Å². The van der Waals surface area contributed by atoms with Gasteiger partial charge in [0.2, 0.25) is 0 Å². The summed E-state index contributed by atoms with van der Waals surface area (Å²) < 4.78 is 6.58. The number of nitrogens with zero attached hydrogens (tertiary/aromatic N) is 1. The standard InChI is InChI=1S/C25H21BNO/c1-3-8-20-16-22(13-11-18(20)6-1)25(24-10-5-15-27(24)26-28-25)23-14-12-19-7-2-4-9-21(19)17-23/h1-4,6-9,11-14,16-17,24H,5,10,15H2. The molecule has 2 saturated heterocycles. The molecule has 2 nitrogen and oxygen atoms in total. The summed E-state index contributed by atoms with van der Waals surface area (Å²) in [7, 11) is 1.97. The van der Waals surface area contributed by atoms with Crippen molar-refractivity contribution in [3.05, 3.63) is 96.1 Å². The summed E-state index contributed by atoms with van der Waals surface area (Å²) in [4.78, 5) is 2.39. The van der Waals surface area contributed by atoms with Crippen LogP contribution in [0.15, 0.2) is 84.9 Å². The van der Waals surface area contributed by atoms with Gasteiger partial charge in [-0.05, 0) is 64.2 Å². The van der Waals surface area contributed by atoms with Crippen LogP contribution in [0.5, 0.6) is 0 Å². The van der Waals surface area contributed by atoms with Crippen LogP contribution in [-0.4, -0.2) is 25.0 Å². The molecule has 135 valence electrons. The van der Waals surface area contributed by atoms with Gasteiger partial charge in [-0.3, -0.25) is 0 Å². The van der Waals surface area contributed by atoms with Crippen molar-refractivity contribution >= 4 is 29.2 Å². The molecule has 6 rings (SSSR count). The SMILES string of the molecule is [B]1OC(c2ccc3ccccc3c2)(c2ccc3ccccc3c2)C2CCCN12. The number of fused-ring (bicyclic) bond motifs is 3. The molecule has 2 fully saturated rings. The molecular formula is C25H21BNO. The monoisotopic (exact) mass is 362 g/mol. The molecule has 0 aliphatic carbocycles. The number of benzene rings is 4. The van der Waals surface area contributed by atoms with Crippen molar-refractivity contribution in [1.29, 1.82) is 0 Å². The third-order valence-corrected chi connectivity index (χ3v) is 6.49. The maximum absolute atomic E-state index is 6.58. The van der Waals surface area contributed by atoms with Crippen LogP contribution in [-0.2, 0) is 10.3 Å². The third-order valence-electron chi connectivity index (χ3n) is 6.49. The van der Waals surface area contributed by atoms with E-state index >= 15 is 0 Å². The van der Waals surface area contributed by atoms with Crippen molar-refractivity contribution in [2.45, 2.75) is 24.5 Å². The van der Waals surface area contributed by atoms with Crippen molar-refractivity contribution in [2.24, 2.45) is 0 Å². The number of rotatable bonds is 2. The summed E-state index contributed by atoms with van der Waals surface area (Å²) in [6.45, 7) is 1.08. The molecule has 2 aliphatic rings. The average molecular weight is 362 g/mol. The highest BCUT2D eigenvalue weighted by atomic mass is 16.5. The molecule has 4 aromatic carbocycles. The van der Waals surface area contributed by atoms with Crippen LogP contribution in [0.2, 0.25) is 0 Å². The fourth-order valence-electron chi connectivity index (χ4n) is 5.11. The Kier molecular flexibility index (Phi) is 3.62. The van der Waals surface area contributed by atoms with Crippen molar-refractivity contribution in [2.75, 3.05) is 6.54 Å². The Morgan fingerprint density at radius 1 is 0.750 bits per heavy atom. The molecule has 2 aliphatic heterocycles. The molecule has 1 atom stereocenters. The predicted molar refractivity (Wildman–Crippen MR) is 115 cm³/mol. The summed E-state index contributed by atoms with van der Waals surface area (Å²) in [6.07, 6.45) is 2.36. The Balaban J connectivity index is 1.60. The highest BCUT2D eigenvalue weighted by Crippen LogP contribution is 2.47. The molecule has 3 heteroatoms. The van der Waals surface area contributed by atoms with E-state index in [1.165, 1.54) is 39.1 Å². The van der Waals surface area contributed by atoms with E-state index in [4.69, 9.17) is 4.65 Å². The molecule has 2 heterocycles. The van der Waals surface area contributed by atoms with Gasteiger partial charge >= 0.3 is 7.62 Å². The van der Waals surface area contributed by atoms with Gasteiger partial charge in [-0.15, -0.1) is 0 Å². The number of hydrogen-bond acceptors (Lipinski definition) is 2. The first-order valence-corrected chi connectivity index (χ1v) is 10.1. The predicted octanol–water partition coefficient (Wildman–Crippen LogP) is 5.27. The van der Waals surface area contributed by atoms with Gasteiger partial charge in [0.05, 0.1) is 0 Å². The van der Waals surface area contributed by atoms with Crippen LogP contribution < -0.4 is 0 Å². The molecule has 0 amide bonds. The largest absolute Gasteiger partial charge is 0.409 e. The van der Waals surface area contributed by atoms with Gasteiger partial charge in [0, 0.05) is 6.04 Å². The lowest BCUT2D eigenvalue weighted by atomic mass is 9.78. The lowest BCUT2D eigenvalue weighted by Gasteiger charge is -2.36.